The highest BCUT2D eigenvalue weighted by Gasteiger charge is 2.38. The molecule has 2 heterocycles. The van der Waals surface area contributed by atoms with E-state index < -0.39 is 24.6 Å². The zero-order chi connectivity index (χ0) is 20.3. The lowest BCUT2D eigenvalue weighted by molar-refractivity contribution is -0.137. The van der Waals surface area contributed by atoms with Crippen molar-refractivity contribution in [3.05, 3.63) is 41.1 Å². The van der Waals surface area contributed by atoms with E-state index in [9.17, 15) is 14.4 Å². The third kappa shape index (κ3) is 3.94. The third-order valence-corrected chi connectivity index (χ3v) is 4.87. The third-order valence-electron chi connectivity index (χ3n) is 4.87. The number of benzene rings is 1. The molecule has 0 aliphatic carbocycles. The first-order valence-corrected chi connectivity index (χ1v) is 8.94. The van der Waals surface area contributed by atoms with Gasteiger partial charge >= 0.3 is 12.0 Å². The fourth-order valence-corrected chi connectivity index (χ4v) is 3.37. The highest BCUT2D eigenvalue weighted by Crippen LogP contribution is 2.32. The van der Waals surface area contributed by atoms with E-state index in [4.69, 9.17) is 14.6 Å². The number of carbonyl (C=O) groups excluding carboxylic acids is 2. The number of carbonyl (C=O) groups is 3. The van der Waals surface area contributed by atoms with Crippen LogP contribution in [0.4, 0.5) is 4.79 Å². The summed E-state index contributed by atoms with van der Waals surface area (Å²) in [6.45, 7) is 2.85. The second kappa shape index (κ2) is 8.30. The summed E-state index contributed by atoms with van der Waals surface area (Å²) < 4.78 is 10.5. The number of carboxylic acid groups (broad SMARTS) is 1. The number of nitrogens with one attached hydrogen (secondary N) is 1. The number of amides is 3. The molecule has 0 saturated carbocycles. The van der Waals surface area contributed by atoms with E-state index in [0.29, 0.717) is 48.9 Å². The normalized spacial score (nSPS) is 20.1. The van der Waals surface area contributed by atoms with Gasteiger partial charge in [0.2, 0.25) is 0 Å². The van der Waals surface area contributed by atoms with Crippen LogP contribution in [0.25, 0.3) is 0 Å². The number of urea groups is 1. The Morgan fingerprint density at radius 3 is 2.46 bits per heavy atom. The van der Waals surface area contributed by atoms with Crippen molar-refractivity contribution in [2.75, 3.05) is 40.0 Å². The highest BCUT2D eigenvalue weighted by molar-refractivity contribution is 5.99. The Balaban J connectivity index is 2.02. The van der Waals surface area contributed by atoms with Crippen LogP contribution in [-0.4, -0.2) is 72.8 Å². The average molecular weight is 389 g/mol. The van der Waals surface area contributed by atoms with Crippen molar-refractivity contribution in [1.29, 1.82) is 0 Å². The Hall–Kier alpha value is -3.07. The zero-order valence-electron chi connectivity index (χ0n) is 15.8. The van der Waals surface area contributed by atoms with Crippen molar-refractivity contribution in [1.82, 2.24) is 15.1 Å². The number of carboxylic acids is 1. The van der Waals surface area contributed by atoms with Gasteiger partial charge in [0.05, 0.1) is 31.9 Å². The molecule has 1 unspecified atom stereocenters. The molecule has 0 radical (unpaired) electrons. The number of hydrogen-bond acceptors (Lipinski definition) is 5. The number of morpholine rings is 1. The SMILES string of the molecule is COc1ccc(C2NC(=O)N(CC(=O)O)C(C)=C2C(=O)N2CCOCC2)cc1. The van der Waals surface area contributed by atoms with E-state index in [1.807, 2.05) is 0 Å². The van der Waals surface area contributed by atoms with E-state index in [-0.39, 0.29) is 5.91 Å². The maximum absolute atomic E-state index is 13.3. The van der Waals surface area contributed by atoms with Crippen LogP contribution in [0.1, 0.15) is 18.5 Å². The largest absolute Gasteiger partial charge is 0.497 e. The van der Waals surface area contributed by atoms with Gasteiger partial charge in [0, 0.05) is 18.8 Å². The summed E-state index contributed by atoms with van der Waals surface area (Å²) in [7, 11) is 1.55. The van der Waals surface area contributed by atoms with Crippen molar-refractivity contribution in [2.45, 2.75) is 13.0 Å². The average Bonchev–Trinajstić information content (AvgIpc) is 2.71. The monoisotopic (exact) mass is 389 g/mol. The van der Waals surface area contributed by atoms with Gasteiger partial charge in [0.25, 0.3) is 5.91 Å². The van der Waals surface area contributed by atoms with E-state index in [2.05, 4.69) is 5.32 Å². The minimum absolute atomic E-state index is 0.239. The molecule has 150 valence electrons. The van der Waals surface area contributed by atoms with Gasteiger partial charge in [-0.25, -0.2) is 4.79 Å². The second-order valence-corrected chi connectivity index (χ2v) is 6.54. The van der Waals surface area contributed by atoms with Gasteiger partial charge in [-0.2, -0.15) is 0 Å². The quantitative estimate of drug-likeness (QED) is 0.777. The Bertz CT molecular complexity index is 798. The molecule has 0 aromatic heterocycles. The number of rotatable bonds is 5. The van der Waals surface area contributed by atoms with Crippen LogP contribution in [0, 0.1) is 0 Å². The van der Waals surface area contributed by atoms with Crippen LogP contribution < -0.4 is 10.1 Å². The van der Waals surface area contributed by atoms with Gasteiger partial charge in [-0.05, 0) is 24.6 Å². The van der Waals surface area contributed by atoms with Crippen molar-refractivity contribution in [3.63, 3.8) is 0 Å². The molecule has 2 aliphatic rings. The summed E-state index contributed by atoms with van der Waals surface area (Å²) in [4.78, 5) is 39.7. The molecular formula is C19H23N3O6. The molecule has 1 aromatic rings. The molecule has 0 spiro atoms. The summed E-state index contributed by atoms with van der Waals surface area (Å²) >= 11 is 0. The molecule has 1 saturated heterocycles. The van der Waals surface area contributed by atoms with Gasteiger partial charge in [-0.15, -0.1) is 0 Å². The second-order valence-electron chi connectivity index (χ2n) is 6.54. The summed E-state index contributed by atoms with van der Waals surface area (Å²) in [5.74, 6) is -0.743. The number of aliphatic carboxylic acids is 1. The summed E-state index contributed by atoms with van der Waals surface area (Å²) in [5.41, 5.74) is 1.40. The van der Waals surface area contributed by atoms with Crippen LogP contribution in [0.2, 0.25) is 0 Å². The lowest BCUT2D eigenvalue weighted by Crippen LogP contribution is -2.52. The van der Waals surface area contributed by atoms with Crippen molar-refractivity contribution >= 4 is 17.9 Å². The van der Waals surface area contributed by atoms with Crippen LogP contribution in [0.15, 0.2) is 35.5 Å². The topological polar surface area (TPSA) is 108 Å². The molecule has 1 fully saturated rings. The summed E-state index contributed by atoms with van der Waals surface area (Å²) in [5, 5.41) is 11.9. The van der Waals surface area contributed by atoms with E-state index in [1.54, 1.807) is 43.2 Å². The van der Waals surface area contributed by atoms with E-state index >= 15 is 0 Å². The number of allylic oxidation sites excluding steroid dienone is 1. The minimum atomic E-state index is -1.16. The maximum atomic E-state index is 13.3. The molecule has 3 rings (SSSR count). The standard InChI is InChI=1S/C19H23N3O6/c1-12-16(18(25)21-7-9-28-10-8-21)17(13-3-5-14(27-2)6-4-13)20-19(26)22(12)11-15(23)24/h3-6,17H,7-11H2,1-2H3,(H,20,26)(H,23,24). The van der Waals surface area contributed by atoms with Crippen LogP contribution >= 0.6 is 0 Å². The van der Waals surface area contributed by atoms with Gasteiger partial charge in [0.15, 0.2) is 0 Å². The molecule has 0 bridgehead atoms. The predicted octanol–water partition coefficient (Wildman–Crippen LogP) is 0.979. The van der Waals surface area contributed by atoms with E-state index in [0.717, 1.165) is 4.90 Å². The minimum Gasteiger partial charge on any atom is -0.497 e. The Labute approximate surface area is 162 Å². The van der Waals surface area contributed by atoms with Crippen LogP contribution in [0.3, 0.4) is 0 Å². The first-order chi connectivity index (χ1) is 13.4. The predicted molar refractivity (Wildman–Crippen MR) is 98.7 cm³/mol. The van der Waals surface area contributed by atoms with Crippen LogP contribution in [-0.2, 0) is 14.3 Å². The number of ether oxygens (including phenoxy) is 2. The Morgan fingerprint density at radius 2 is 1.89 bits per heavy atom. The number of methoxy groups -OCH3 is 1. The summed E-state index contributed by atoms with van der Waals surface area (Å²) in [6.07, 6.45) is 0. The zero-order valence-corrected chi connectivity index (χ0v) is 15.8. The van der Waals surface area contributed by atoms with Gasteiger partial charge in [-0.3, -0.25) is 14.5 Å². The highest BCUT2D eigenvalue weighted by atomic mass is 16.5. The number of nitrogens with zero attached hydrogens (tertiary/aromatic N) is 2. The lowest BCUT2D eigenvalue weighted by Gasteiger charge is -2.37. The van der Waals surface area contributed by atoms with Crippen molar-refractivity contribution in [3.8, 4) is 5.75 Å². The lowest BCUT2D eigenvalue weighted by atomic mass is 9.93. The molecule has 28 heavy (non-hydrogen) atoms. The smallest absolute Gasteiger partial charge is 0.323 e. The van der Waals surface area contributed by atoms with Crippen molar-refractivity contribution < 1.29 is 29.0 Å². The fourth-order valence-electron chi connectivity index (χ4n) is 3.37. The van der Waals surface area contributed by atoms with Gasteiger partial charge in [-0.1, -0.05) is 12.1 Å². The number of hydrogen-bond donors (Lipinski definition) is 2. The first kappa shape index (κ1) is 19.7. The molecule has 1 atom stereocenters. The molecule has 1 aromatic carbocycles. The van der Waals surface area contributed by atoms with E-state index in [1.165, 1.54) is 0 Å². The molecule has 3 amide bonds. The molecule has 2 aliphatic heterocycles. The molecule has 2 N–H and O–H groups in total. The van der Waals surface area contributed by atoms with Crippen LogP contribution in [0.5, 0.6) is 5.75 Å². The maximum Gasteiger partial charge on any atom is 0.323 e. The molecular weight excluding hydrogens is 366 g/mol. The Morgan fingerprint density at radius 1 is 1.25 bits per heavy atom. The van der Waals surface area contributed by atoms with Crippen molar-refractivity contribution in [2.24, 2.45) is 0 Å². The Kier molecular flexibility index (Phi) is 5.84. The van der Waals surface area contributed by atoms with Gasteiger partial charge < -0.3 is 24.8 Å². The molecule has 9 heteroatoms. The summed E-state index contributed by atoms with van der Waals surface area (Å²) in [6, 6.07) is 5.81. The van der Waals surface area contributed by atoms with Gasteiger partial charge in [0.1, 0.15) is 12.3 Å². The fraction of sp³-hybridized carbons (Fsp3) is 0.421. The first-order valence-electron chi connectivity index (χ1n) is 8.94. The molecule has 9 nitrogen and oxygen atoms in total.